The molecule has 26 bridgehead atoms. The molecular formula is C118H210. The maximum atomic E-state index is 2.54. The zero-order chi connectivity index (χ0) is 83.0. The van der Waals surface area contributed by atoms with Crippen LogP contribution in [0.25, 0.3) is 0 Å². The Labute approximate surface area is 739 Å². The Bertz CT molecular complexity index is 2600. The van der Waals surface area contributed by atoms with E-state index in [4.69, 9.17) is 0 Å². The molecule has 0 saturated heterocycles. The monoisotopic (exact) mass is 1630 g/mol. The van der Waals surface area contributed by atoms with Crippen molar-refractivity contribution in [1.29, 1.82) is 0 Å². The van der Waals surface area contributed by atoms with Gasteiger partial charge in [-0.3, -0.25) is 0 Å². The third-order valence-corrected chi connectivity index (χ3v) is 44.1. The maximum Gasteiger partial charge on any atom is -0.0318 e. The molecule has 34 saturated carbocycles. The van der Waals surface area contributed by atoms with Crippen molar-refractivity contribution < 1.29 is 0 Å². The van der Waals surface area contributed by atoms with Crippen LogP contribution in [0.1, 0.15) is 509 Å². The molecule has 118 heavy (non-hydrogen) atoms. The van der Waals surface area contributed by atoms with Crippen LogP contribution in [0, 0.1) is 235 Å². The van der Waals surface area contributed by atoms with Crippen molar-refractivity contribution in [2.75, 3.05) is 0 Å². The summed E-state index contributed by atoms with van der Waals surface area (Å²) >= 11 is 0. The van der Waals surface area contributed by atoms with Crippen molar-refractivity contribution in [2.45, 2.75) is 509 Å². The zero-order valence-corrected chi connectivity index (χ0v) is 83.0. The molecule has 0 spiro atoms. The predicted molar refractivity (Wildman–Crippen MR) is 515 cm³/mol. The molecule has 0 N–H and O–H groups in total. The van der Waals surface area contributed by atoms with Gasteiger partial charge in [-0.2, -0.15) is 0 Å². The minimum atomic E-state index is 0.800. The molecule has 0 radical (unpaired) electrons. The molecule has 0 nitrogen and oxygen atoms in total. The van der Waals surface area contributed by atoms with Gasteiger partial charge < -0.3 is 0 Å². The lowest BCUT2D eigenvalue weighted by Gasteiger charge is -2.55. The Balaban J connectivity index is 0.000000104. The Morgan fingerprint density at radius 2 is 0.424 bits per heavy atom. The zero-order valence-electron chi connectivity index (χ0n) is 83.0. The van der Waals surface area contributed by atoms with Gasteiger partial charge in [0.25, 0.3) is 0 Å². The number of fused-ring (bicyclic) bond motifs is 18. The molecule has 34 rings (SSSR count). The number of hydrogen-bond donors (Lipinski definition) is 0. The van der Waals surface area contributed by atoms with E-state index >= 15 is 0 Å². The van der Waals surface area contributed by atoms with E-state index in [1.54, 1.807) is 205 Å². The summed E-state index contributed by atoms with van der Waals surface area (Å²) in [4.78, 5) is 0. The molecule has 0 aromatic rings. The van der Waals surface area contributed by atoms with Crippen molar-refractivity contribution in [3.05, 3.63) is 0 Å². The van der Waals surface area contributed by atoms with E-state index in [0.29, 0.717) is 0 Å². The predicted octanol–water partition coefficient (Wildman–Crippen LogP) is 37.1. The first-order valence-electron chi connectivity index (χ1n) is 56.6. The van der Waals surface area contributed by atoms with Crippen molar-refractivity contribution in [1.82, 2.24) is 0 Å². The van der Waals surface area contributed by atoms with Gasteiger partial charge >= 0.3 is 0 Å². The molecule has 34 aliphatic rings. The van der Waals surface area contributed by atoms with E-state index in [9.17, 15) is 0 Å². The summed E-state index contributed by atoms with van der Waals surface area (Å²) in [7, 11) is 0. The van der Waals surface area contributed by atoms with E-state index in [-0.39, 0.29) is 0 Å². The second-order valence-corrected chi connectivity index (χ2v) is 54.2. The Hall–Kier alpha value is 0. The minimum Gasteiger partial charge on any atom is -0.0625 e. The van der Waals surface area contributed by atoms with E-state index in [0.717, 1.165) is 235 Å². The molecule has 11 unspecified atom stereocenters. The maximum absolute atomic E-state index is 2.54. The van der Waals surface area contributed by atoms with Gasteiger partial charge in [0.1, 0.15) is 0 Å². The third-order valence-electron chi connectivity index (χ3n) is 44.1. The van der Waals surface area contributed by atoms with Gasteiger partial charge in [-0.25, -0.2) is 0 Å². The highest BCUT2D eigenvalue weighted by molar-refractivity contribution is 5.02. The van der Waals surface area contributed by atoms with Crippen molar-refractivity contribution in [2.24, 2.45) is 235 Å². The largest absolute Gasteiger partial charge is 0.0625 e. The fourth-order valence-corrected chi connectivity index (χ4v) is 34.5. The lowest BCUT2D eigenvalue weighted by Crippen LogP contribution is -2.44. The SMILES string of the molecule is CC12CC3CC(CC(C3)C1)C2.CC12CCC(CC1)C2.CC12CCC(CC1)C2.CC1C2CC3CC(C2)CC1C3.CC1C2CCC1CC2.CC1C2CCCC1C2.CC1CC1.CC1CC2CC(C2)C1C.CC1CC2CCC1C2.CC1CC2CCC1C2.CC1CCC1.CC1CCC2CC1C2.CC1CCCC1.CC1CCCCC1.C[C@@H]1CC2CC(C2)[C@H]1C. The van der Waals surface area contributed by atoms with Crippen LogP contribution >= 0.6 is 0 Å². The highest BCUT2D eigenvalue weighted by Gasteiger charge is 2.51. The normalized spacial score (nSPS) is 49.8. The van der Waals surface area contributed by atoms with Gasteiger partial charge in [0, 0.05) is 0 Å². The molecule has 0 aromatic heterocycles. The lowest BCUT2D eigenvalue weighted by atomic mass is 9.50. The van der Waals surface area contributed by atoms with Crippen LogP contribution < -0.4 is 0 Å². The summed E-state index contributed by atoms with van der Waals surface area (Å²) in [6.45, 7) is 41.1. The summed E-state index contributed by atoms with van der Waals surface area (Å²) in [5, 5.41) is 0. The summed E-state index contributed by atoms with van der Waals surface area (Å²) < 4.78 is 0. The molecule has 34 aliphatic carbocycles. The van der Waals surface area contributed by atoms with Crippen LogP contribution in [0.2, 0.25) is 0 Å². The minimum absolute atomic E-state index is 0.800. The molecule has 0 aliphatic heterocycles. The third kappa shape index (κ3) is 26.6. The molecular weight excluding hydrogens is 1420 g/mol. The average Bonchev–Trinajstić information content (AvgIpc) is 1.72. The van der Waals surface area contributed by atoms with Crippen LogP contribution in [-0.2, 0) is 0 Å². The standard InChI is InChI=1S/2C11H18.2C9H16.7C8H14.C7H14.C6H12.C5H10.C4H8/c1-11-5-8-2-9(6-11)4-10(3-8)7-11;1-7-10-3-8-2-9(5-10)6-11(7)4-8;2*1-6-3-8-4-9(5-8)7(6)2;2*1-8-4-2-7(6-8)3-5-8;2*1-6-4-7-2-3-8(6)5-7;1-6-2-3-7-4-8(6)5-7;1-6-7-2-3-8(6)5-4-7;1-6-7-3-2-4-8(6)5-7;1-7-5-3-2-4-6-7;1-6-4-2-3-5-6;1-5-3-2-4-5;1-4-2-3-4/h8-10H,2-7H2,1H3;7-11H,2-6H2,1H3;2*6-9H,3-5H2,1-2H3;2*7H,2-6H2,1H3;5*6-8H,2-5H2,1H3;7H,2-6H2,1H3;6H,2-5H2,1H3;5H,2-4H2,1H3;4H,2-3H2,1H3/t;;6-,7+,8?,9?;;;;;;;;;;;;/m..1............/s1. The Morgan fingerprint density at radius 3 is 0.593 bits per heavy atom. The van der Waals surface area contributed by atoms with E-state index < -0.39 is 0 Å². The summed E-state index contributed by atoms with van der Waals surface area (Å²) in [5.41, 5.74) is 2.42. The molecule has 0 heteroatoms. The first-order chi connectivity index (χ1) is 56.6. The van der Waals surface area contributed by atoms with Gasteiger partial charge in [-0.05, 0) is 492 Å². The molecule has 34 fully saturated rings. The highest BCUT2D eigenvalue weighted by atomic mass is 14.6. The molecule has 0 amide bonds. The van der Waals surface area contributed by atoms with Gasteiger partial charge in [0.15, 0.2) is 0 Å². The van der Waals surface area contributed by atoms with Crippen molar-refractivity contribution >= 4 is 0 Å². The average molecular weight is 1630 g/mol. The van der Waals surface area contributed by atoms with Gasteiger partial charge in [0.05, 0.1) is 0 Å². The van der Waals surface area contributed by atoms with Gasteiger partial charge in [-0.1, -0.05) is 253 Å². The Kier molecular flexibility index (Phi) is 34.8. The topological polar surface area (TPSA) is 0 Å². The van der Waals surface area contributed by atoms with Crippen molar-refractivity contribution in [3.63, 3.8) is 0 Å². The first kappa shape index (κ1) is 94.1. The Morgan fingerprint density at radius 1 is 0.144 bits per heavy atom. The molecule has 13 atom stereocenters. The summed E-state index contributed by atoms with van der Waals surface area (Å²) in [5.74, 6) is 41.2. The van der Waals surface area contributed by atoms with Crippen molar-refractivity contribution in [3.8, 4) is 0 Å². The molecule has 682 valence electrons. The van der Waals surface area contributed by atoms with Crippen LogP contribution in [-0.4, -0.2) is 0 Å². The fourth-order valence-electron chi connectivity index (χ4n) is 34.5. The quantitative estimate of drug-likeness (QED) is 0.227. The highest BCUT2D eigenvalue weighted by Crippen LogP contribution is 2.62. The smallest absolute Gasteiger partial charge is 0.0318 e. The van der Waals surface area contributed by atoms with E-state index in [1.807, 2.05) is 0 Å². The van der Waals surface area contributed by atoms with Crippen LogP contribution in [0.4, 0.5) is 0 Å². The van der Waals surface area contributed by atoms with Crippen LogP contribution in [0.5, 0.6) is 0 Å². The lowest BCUT2D eigenvalue weighted by molar-refractivity contribution is -0.0411. The second kappa shape index (κ2) is 43.6. The van der Waals surface area contributed by atoms with E-state index in [2.05, 4.69) is 118 Å². The molecule has 0 aromatic carbocycles. The molecule has 0 heterocycles. The van der Waals surface area contributed by atoms with Crippen LogP contribution in [0.15, 0.2) is 0 Å². The summed E-state index contributed by atoms with van der Waals surface area (Å²) in [6.07, 6.45) is 93.9. The number of hydrogen-bond acceptors (Lipinski definition) is 0. The summed E-state index contributed by atoms with van der Waals surface area (Å²) in [6, 6.07) is 0. The number of rotatable bonds is 0. The van der Waals surface area contributed by atoms with Gasteiger partial charge in [0.2, 0.25) is 0 Å². The first-order valence-corrected chi connectivity index (χ1v) is 56.6. The second-order valence-electron chi connectivity index (χ2n) is 54.2. The van der Waals surface area contributed by atoms with Gasteiger partial charge in [-0.15, -0.1) is 0 Å². The van der Waals surface area contributed by atoms with E-state index in [1.165, 1.54) is 186 Å². The fraction of sp³-hybridized carbons (Fsp3) is 1.00. The van der Waals surface area contributed by atoms with Crippen LogP contribution in [0.3, 0.4) is 0 Å².